The lowest BCUT2D eigenvalue weighted by Gasteiger charge is -2.23. The van der Waals surface area contributed by atoms with E-state index < -0.39 is 11.9 Å². The first-order chi connectivity index (χ1) is 14.4. The second-order valence-corrected chi connectivity index (χ2v) is 7.80. The molecule has 2 heterocycles. The van der Waals surface area contributed by atoms with Crippen LogP contribution in [-0.2, 0) is 18.9 Å². The first kappa shape index (κ1) is 20.6. The van der Waals surface area contributed by atoms with Crippen molar-refractivity contribution in [3.8, 4) is 5.75 Å². The van der Waals surface area contributed by atoms with E-state index in [0.29, 0.717) is 5.56 Å². The van der Waals surface area contributed by atoms with Crippen molar-refractivity contribution >= 4 is 12.0 Å². The Kier molecular flexibility index (Phi) is 5.90. The molecule has 0 unspecified atom stereocenters. The van der Waals surface area contributed by atoms with Crippen molar-refractivity contribution in [1.82, 2.24) is 0 Å². The first-order valence-corrected chi connectivity index (χ1v) is 10.0. The Labute approximate surface area is 176 Å². The Morgan fingerprint density at radius 1 is 1.03 bits per heavy atom. The Morgan fingerprint density at radius 3 is 2.43 bits per heavy atom. The Morgan fingerprint density at radius 2 is 1.73 bits per heavy atom. The number of carbonyl (C=O) groups excluding carboxylic acids is 1. The summed E-state index contributed by atoms with van der Waals surface area (Å²) in [6.07, 6.45) is 2.65. The van der Waals surface area contributed by atoms with Crippen LogP contribution in [0.25, 0.3) is 6.08 Å². The van der Waals surface area contributed by atoms with E-state index in [2.05, 4.69) is 0 Å². The highest BCUT2D eigenvalue weighted by atomic mass is 16.8. The van der Waals surface area contributed by atoms with E-state index in [1.807, 2.05) is 56.3 Å². The van der Waals surface area contributed by atoms with Crippen LogP contribution in [0.3, 0.4) is 0 Å². The Bertz CT molecular complexity index is 890. The van der Waals surface area contributed by atoms with Crippen molar-refractivity contribution in [2.24, 2.45) is 0 Å². The van der Waals surface area contributed by atoms with Crippen molar-refractivity contribution in [2.45, 2.75) is 44.1 Å². The van der Waals surface area contributed by atoms with E-state index in [-0.39, 0.29) is 30.9 Å². The molecule has 6 nitrogen and oxygen atoms in total. The van der Waals surface area contributed by atoms with Gasteiger partial charge in [-0.1, -0.05) is 42.5 Å². The van der Waals surface area contributed by atoms with Gasteiger partial charge in [0.05, 0.1) is 12.7 Å². The molecular formula is C24H26O6. The largest absolute Gasteiger partial charge is 0.497 e. The molecule has 2 fully saturated rings. The molecule has 0 saturated carbocycles. The normalized spacial score (nSPS) is 27.2. The second-order valence-electron chi connectivity index (χ2n) is 7.80. The third-order valence-corrected chi connectivity index (χ3v) is 5.17. The molecule has 2 aromatic rings. The van der Waals surface area contributed by atoms with Gasteiger partial charge in [0.15, 0.2) is 5.79 Å². The van der Waals surface area contributed by atoms with E-state index in [4.69, 9.17) is 23.7 Å². The van der Waals surface area contributed by atoms with E-state index in [1.165, 1.54) is 0 Å². The van der Waals surface area contributed by atoms with E-state index in [1.54, 1.807) is 31.4 Å². The van der Waals surface area contributed by atoms with Crippen LogP contribution >= 0.6 is 0 Å². The van der Waals surface area contributed by atoms with Crippen LogP contribution in [0, 0.1) is 0 Å². The molecule has 158 valence electrons. The van der Waals surface area contributed by atoms with Crippen LogP contribution in [0.4, 0.5) is 0 Å². The average Bonchev–Trinajstić information content (AvgIpc) is 3.24. The summed E-state index contributed by atoms with van der Waals surface area (Å²) in [6, 6.07) is 16.6. The molecule has 4 atom stereocenters. The van der Waals surface area contributed by atoms with Crippen LogP contribution < -0.4 is 4.74 Å². The predicted octanol–water partition coefficient (Wildman–Crippen LogP) is 3.85. The summed E-state index contributed by atoms with van der Waals surface area (Å²) in [5.41, 5.74) is 1.53. The zero-order valence-corrected chi connectivity index (χ0v) is 17.3. The number of esters is 1. The summed E-state index contributed by atoms with van der Waals surface area (Å²) in [6.45, 7) is 3.85. The van der Waals surface area contributed by atoms with Crippen molar-refractivity contribution < 1.29 is 28.5 Å². The molecule has 6 heteroatoms. The number of methoxy groups -OCH3 is 1. The minimum absolute atomic E-state index is 0.0984. The van der Waals surface area contributed by atoms with Crippen molar-refractivity contribution in [2.75, 3.05) is 13.7 Å². The summed E-state index contributed by atoms with van der Waals surface area (Å²) in [5.74, 6) is -0.294. The zero-order valence-electron chi connectivity index (χ0n) is 17.3. The van der Waals surface area contributed by atoms with Crippen LogP contribution in [0.5, 0.6) is 5.75 Å². The molecule has 0 aliphatic carbocycles. The number of hydrogen-bond donors (Lipinski definition) is 0. The van der Waals surface area contributed by atoms with E-state index in [0.717, 1.165) is 11.3 Å². The molecule has 2 aliphatic heterocycles. The molecule has 4 rings (SSSR count). The molecule has 0 bridgehead atoms. The Hall–Kier alpha value is -2.67. The molecule has 0 amide bonds. The van der Waals surface area contributed by atoms with Gasteiger partial charge in [0, 0.05) is 0 Å². The minimum atomic E-state index is -0.715. The summed E-state index contributed by atoms with van der Waals surface area (Å²) in [7, 11) is 1.64. The van der Waals surface area contributed by atoms with E-state index in [9.17, 15) is 4.79 Å². The number of fused-ring (bicyclic) bond motifs is 1. The van der Waals surface area contributed by atoms with Gasteiger partial charge in [-0.05, 0) is 43.7 Å². The second kappa shape index (κ2) is 8.60. The fourth-order valence-electron chi connectivity index (χ4n) is 3.74. The van der Waals surface area contributed by atoms with Gasteiger partial charge in [0.2, 0.25) is 0 Å². The SMILES string of the molecule is COc1ccc(/C=C/[C@@H]2O[C@H](COC(=O)c3ccccc3)[C@H]3OC(C)(C)O[C@H]32)cc1. The maximum absolute atomic E-state index is 12.3. The molecule has 0 spiro atoms. The van der Waals surface area contributed by atoms with Gasteiger partial charge in [-0.15, -0.1) is 0 Å². The lowest BCUT2D eigenvalue weighted by atomic mass is 10.1. The van der Waals surface area contributed by atoms with Crippen LogP contribution in [0.15, 0.2) is 60.7 Å². The molecule has 0 aromatic heterocycles. The topological polar surface area (TPSA) is 63.2 Å². The average molecular weight is 410 g/mol. The van der Waals surface area contributed by atoms with Gasteiger partial charge in [0.1, 0.15) is 36.8 Å². The quantitative estimate of drug-likeness (QED) is 0.674. The summed E-state index contributed by atoms with van der Waals surface area (Å²) >= 11 is 0. The highest BCUT2D eigenvalue weighted by Crippen LogP contribution is 2.39. The number of hydrogen-bond acceptors (Lipinski definition) is 6. The van der Waals surface area contributed by atoms with Crippen molar-refractivity contribution in [1.29, 1.82) is 0 Å². The van der Waals surface area contributed by atoms with Gasteiger partial charge in [0.25, 0.3) is 0 Å². The molecule has 0 radical (unpaired) electrons. The molecule has 2 saturated heterocycles. The highest BCUT2D eigenvalue weighted by molar-refractivity contribution is 5.89. The fourth-order valence-corrected chi connectivity index (χ4v) is 3.74. The van der Waals surface area contributed by atoms with Gasteiger partial charge in [-0.2, -0.15) is 0 Å². The maximum atomic E-state index is 12.3. The third-order valence-electron chi connectivity index (χ3n) is 5.17. The standard InChI is InChI=1S/C24H26O6/c1-24(2)29-21-19(14-11-16-9-12-18(26-3)13-10-16)28-20(22(21)30-24)15-27-23(25)17-7-5-4-6-8-17/h4-14,19-22H,15H2,1-3H3/b14-11+/t19-,20+,21-,22+/m0/s1. The lowest BCUT2D eigenvalue weighted by molar-refractivity contribution is -0.185. The summed E-state index contributed by atoms with van der Waals surface area (Å²) in [5, 5.41) is 0. The third kappa shape index (κ3) is 4.56. The molecule has 2 aliphatic rings. The van der Waals surface area contributed by atoms with Gasteiger partial charge in [-0.25, -0.2) is 4.79 Å². The lowest BCUT2D eigenvalue weighted by Crippen LogP contribution is -2.33. The molecule has 30 heavy (non-hydrogen) atoms. The monoisotopic (exact) mass is 410 g/mol. The number of ether oxygens (including phenoxy) is 5. The smallest absolute Gasteiger partial charge is 0.338 e. The Balaban J connectivity index is 1.43. The minimum Gasteiger partial charge on any atom is -0.497 e. The highest BCUT2D eigenvalue weighted by Gasteiger charge is 2.54. The van der Waals surface area contributed by atoms with Crippen LogP contribution in [0.2, 0.25) is 0 Å². The predicted molar refractivity (Wildman–Crippen MR) is 111 cm³/mol. The van der Waals surface area contributed by atoms with Crippen molar-refractivity contribution in [3.63, 3.8) is 0 Å². The van der Waals surface area contributed by atoms with Crippen molar-refractivity contribution in [3.05, 3.63) is 71.8 Å². The molecule has 2 aromatic carbocycles. The summed E-state index contributed by atoms with van der Waals surface area (Å²) in [4.78, 5) is 12.3. The molecular weight excluding hydrogens is 384 g/mol. The number of benzene rings is 2. The summed E-state index contributed by atoms with van der Waals surface area (Å²) < 4.78 is 28.9. The molecule has 0 N–H and O–H groups in total. The van der Waals surface area contributed by atoms with Crippen LogP contribution in [-0.4, -0.2) is 49.9 Å². The fraction of sp³-hybridized carbons (Fsp3) is 0.375. The van der Waals surface area contributed by atoms with Gasteiger partial charge < -0.3 is 23.7 Å². The maximum Gasteiger partial charge on any atom is 0.338 e. The van der Waals surface area contributed by atoms with E-state index >= 15 is 0 Å². The number of rotatable bonds is 6. The first-order valence-electron chi connectivity index (χ1n) is 10.0. The number of carbonyl (C=O) groups is 1. The van der Waals surface area contributed by atoms with Gasteiger partial charge >= 0.3 is 5.97 Å². The van der Waals surface area contributed by atoms with Gasteiger partial charge in [-0.3, -0.25) is 0 Å². The van der Waals surface area contributed by atoms with Crippen LogP contribution in [0.1, 0.15) is 29.8 Å². The zero-order chi connectivity index (χ0) is 21.1.